The van der Waals surface area contributed by atoms with E-state index < -0.39 is 9.96 Å². The van der Waals surface area contributed by atoms with Gasteiger partial charge in [0, 0.05) is 37.3 Å². The summed E-state index contributed by atoms with van der Waals surface area (Å²) in [6.45, 7) is 5.81. The molecule has 1 aromatic heterocycles. The summed E-state index contributed by atoms with van der Waals surface area (Å²) >= 11 is 30.7. The molecule has 0 spiro atoms. The number of allylic oxidation sites excluding steroid dienone is 1. The molecule has 3 heterocycles. The zero-order chi connectivity index (χ0) is 22.7. The number of aromatic nitrogens is 1. The predicted molar refractivity (Wildman–Crippen MR) is 126 cm³/mol. The molecule has 0 radical (unpaired) electrons. The normalized spacial score (nSPS) is 30.2. The van der Waals surface area contributed by atoms with Gasteiger partial charge in [-0.2, -0.15) is 0 Å². The summed E-state index contributed by atoms with van der Waals surface area (Å²) in [5.41, 5.74) is 0.725. The first kappa shape index (κ1) is 23.7. The van der Waals surface area contributed by atoms with Crippen LogP contribution in [-0.4, -0.2) is 38.4 Å². The Balaban J connectivity index is 1.54. The number of likely N-dealkylation sites (tertiary alicyclic amines) is 1. The Morgan fingerprint density at radius 3 is 2.58 bits per heavy atom. The molecule has 1 amide bonds. The van der Waals surface area contributed by atoms with Crippen molar-refractivity contribution in [1.82, 2.24) is 14.8 Å². The molecule has 2 bridgehead atoms. The second kappa shape index (κ2) is 8.41. The van der Waals surface area contributed by atoms with Crippen LogP contribution >= 0.6 is 58.0 Å². The van der Waals surface area contributed by atoms with Crippen molar-refractivity contribution in [2.45, 2.75) is 42.7 Å². The highest BCUT2D eigenvalue weighted by atomic mass is 35.6. The lowest BCUT2D eigenvalue weighted by Crippen LogP contribution is -2.60. The molecule has 31 heavy (non-hydrogen) atoms. The Morgan fingerprint density at radius 1 is 1.23 bits per heavy atom. The minimum atomic E-state index is -1.72. The molecule has 0 aromatic carbocycles. The van der Waals surface area contributed by atoms with E-state index in [0.717, 1.165) is 12.1 Å². The van der Waals surface area contributed by atoms with Gasteiger partial charge in [-0.25, -0.2) is 0 Å². The van der Waals surface area contributed by atoms with E-state index >= 15 is 0 Å². The Kier molecular flexibility index (Phi) is 6.44. The smallest absolute Gasteiger partial charge is 0.250 e. The zero-order valence-corrected chi connectivity index (χ0v) is 20.9. The average molecular weight is 528 g/mol. The van der Waals surface area contributed by atoms with Crippen molar-refractivity contribution in [2.24, 2.45) is 23.2 Å². The summed E-state index contributed by atoms with van der Waals surface area (Å²) in [6, 6.07) is 5.35. The molecule has 3 aliphatic rings. The van der Waals surface area contributed by atoms with Crippen LogP contribution < -0.4 is 10.9 Å². The van der Waals surface area contributed by atoms with Crippen molar-refractivity contribution >= 4 is 63.9 Å². The second-order valence-electron chi connectivity index (χ2n) is 9.39. The van der Waals surface area contributed by atoms with Crippen LogP contribution in [0.25, 0.3) is 0 Å². The van der Waals surface area contributed by atoms with Crippen molar-refractivity contribution in [3.63, 3.8) is 0 Å². The summed E-state index contributed by atoms with van der Waals surface area (Å²) in [5.74, 6) is -0.201. The van der Waals surface area contributed by atoms with Crippen molar-refractivity contribution < 1.29 is 4.79 Å². The van der Waals surface area contributed by atoms with E-state index in [0.29, 0.717) is 19.6 Å². The summed E-state index contributed by atoms with van der Waals surface area (Å²) in [7, 11) is 0. The van der Waals surface area contributed by atoms with Crippen LogP contribution in [-0.2, 0) is 11.3 Å². The Bertz CT molecular complexity index is 966. The Morgan fingerprint density at radius 2 is 1.94 bits per heavy atom. The number of carbonyl (C=O) groups excluding carboxylic acids is 1. The fourth-order valence-corrected chi connectivity index (χ4v) is 6.22. The van der Waals surface area contributed by atoms with Gasteiger partial charge in [-0.15, -0.1) is 0 Å². The molecular weight excluding hydrogens is 504 g/mol. The molecule has 1 saturated heterocycles. The number of hydrogen-bond acceptors (Lipinski definition) is 3. The van der Waals surface area contributed by atoms with E-state index in [1.165, 1.54) is 0 Å². The highest BCUT2D eigenvalue weighted by Gasteiger charge is 2.61. The number of amides is 1. The van der Waals surface area contributed by atoms with Gasteiger partial charge in [0.15, 0.2) is 0 Å². The van der Waals surface area contributed by atoms with Crippen LogP contribution in [0.15, 0.2) is 33.6 Å². The highest BCUT2D eigenvalue weighted by Crippen LogP contribution is 2.60. The maximum atomic E-state index is 13.1. The lowest BCUT2D eigenvalue weighted by atomic mass is 9.83. The lowest BCUT2D eigenvalue weighted by molar-refractivity contribution is -0.125. The zero-order valence-electron chi connectivity index (χ0n) is 17.1. The van der Waals surface area contributed by atoms with Crippen molar-refractivity contribution in [3.8, 4) is 0 Å². The molecule has 2 aliphatic heterocycles. The monoisotopic (exact) mass is 525 g/mol. The number of nitrogens with zero attached hydrogens (tertiary/aromatic N) is 2. The Hall–Kier alpha value is -0.430. The third-order valence-electron chi connectivity index (χ3n) is 6.96. The lowest BCUT2D eigenvalue weighted by Gasteiger charge is -2.47. The summed E-state index contributed by atoms with van der Waals surface area (Å²) in [4.78, 5) is 27.4. The molecule has 10 heteroatoms. The number of pyridine rings is 1. The van der Waals surface area contributed by atoms with E-state index in [2.05, 4.69) is 5.32 Å². The topological polar surface area (TPSA) is 54.3 Å². The SMILES string of the molecule is CC1(C)[C@H](C=C(Cl)Cl)[C@H]1C(=O)N[C@H](N1C[C@@H]2C[C@@H](C1)c1cccc(=O)n1C2)C(Cl)(Cl)Cl. The predicted octanol–water partition coefficient (Wildman–Crippen LogP) is 4.67. The number of halogens is 5. The first-order valence-electron chi connectivity index (χ1n) is 10.2. The van der Waals surface area contributed by atoms with E-state index in [1.807, 2.05) is 29.4 Å². The third-order valence-corrected chi connectivity index (χ3v) is 7.83. The Labute approximate surface area is 206 Å². The van der Waals surface area contributed by atoms with E-state index in [-0.39, 0.29) is 45.0 Å². The molecular formula is C21H24Cl5N3O2. The van der Waals surface area contributed by atoms with Crippen LogP contribution in [0.4, 0.5) is 0 Å². The minimum absolute atomic E-state index is 0.0138. The maximum Gasteiger partial charge on any atom is 0.250 e. The quantitative estimate of drug-likeness (QED) is 0.579. The van der Waals surface area contributed by atoms with Gasteiger partial charge in [0.2, 0.25) is 9.70 Å². The van der Waals surface area contributed by atoms with Crippen LogP contribution in [0.3, 0.4) is 0 Å². The number of carbonyl (C=O) groups is 1. The summed E-state index contributed by atoms with van der Waals surface area (Å²) < 4.78 is 0.272. The number of piperidine rings is 1. The molecule has 2 fully saturated rings. The largest absolute Gasteiger partial charge is 0.336 e. The van der Waals surface area contributed by atoms with Crippen molar-refractivity contribution in [2.75, 3.05) is 13.1 Å². The van der Waals surface area contributed by atoms with Crippen LogP contribution in [0.1, 0.15) is 31.9 Å². The number of hydrogen-bond donors (Lipinski definition) is 1. The summed E-state index contributed by atoms with van der Waals surface area (Å²) in [6.07, 6.45) is 1.87. The molecule has 1 aliphatic carbocycles. The van der Waals surface area contributed by atoms with Gasteiger partial charge >= 0.3 is 0 Å². The first-order chi connectivity index (χ1) is 14.4. The number of alkyl halides is 3. The van der Waals surface area contributed by atoms with Crippen LogP contribution in [0.2, 0.25) is 0 Å². The molecule has 5 nitrogen and oxygen atoms in total. The molecule has 170 valence electrons. The third kappa shape index (κ3) is 4.64. The molecule has 0 unspecified atom stereocenters. The van der Waals surface area contributed by atoms with Gasteiger partial charge in [-0.3, -0.25) is 14.5 Å². The fourth-order valence-electron chi connectivity index (χ4n) is 5.37. The molecule has 1 aromatic rings. The number of rotatable bonds is 4. The fraction of sp³-hybridized carbons (Fsp3) is 0.619. The van der Waals surface area contributed by atoms with Gasteiger partial charge < -0.3 is 9.88 Å². The molecule has 1 saturated carbocycles. The van der Waals surface area contributed by atoms with Gasteiger partial charge in [-0.1, -0.05) is 77.9 Å². The molecule has 5 atom stereocenters. The molecule has 1 N–H and O–H groups in total. The van der Waals surface area contributed by atoms with E-state index in [4.69, 9.17) is 58.0 Å². The number of nitrogens with one attached hydrogen (secondary N) is 1. The van der Waals surface area contributed by atoms with E-state index in [1.54, 1.807) is 18.2 Å². The van der Waals surface area contributed by atoms with Crippen LogP contribution in [0, 0.1) is 23.2 Å². The first-order valence-corrected chi connectivity index (χ1v) is 12.1. The van der Waals surface area contributed by atoms with E-state index in [9.17, 15) is 9.59 Å². The average Bonchev–Trinajstić information content (AvgIpc) is 3.18. The molecule has 4 rings (SSSR count). The second-order valence-corrected chi connectivity index (χ2v) is 12.8. The van der Waals surface area contributed by atoms with Crippen molar-refractivity contribution in [3.05, 3.63) is 44.8 Å². The van der Waals surface area contributed by atoms with Crippen molar-refractivity contribution in [1.29, 1.82) is 0 Å². The van der Waals surface area contributed by atoms with Gasteiger partial charge in [0.25, 0.3) is 5.56 Å². The maximum absolute atomic E-state index is 13.1. The number of fused-ring (bicyclic) bond motifs is 4. The minimum Gasteiger partial charge on any atom is -0.336 e. The van der Waals surface area contributed by atoms with Crippen LogP contribution in [0.5, 0.6) is 0 Å². The van der Waals surface area contributed by atoms with Gasteiger partial charge in [0.1, 0.15) is 10.7 Å². The summed E-state index contributed by atoms with van der Waals surface area (Å²) in [5, 5.41) is 2.98. The standard InChI is InChI=1S/C21H24Cl5N3O2/c1-20(2)13(7-15(22)23)17(20)18(31)27-19(21(24,25)26)28-8-11-6-12(10-28)14-4-3-5-16(30)29(14)9-11/h3-5,7,11-13,17,19H,6,8-10H2,1-2H3,(H,27,31)/t11-,12-,13+,17-,19+/m0/s1. The van der Waals surface area contributed by atoms with Gasteiger partial charge in [0.05, 0.1) is 5.92 Å². The van der Waals surface area contributed by atoms with Gasteiger partial charge in [-0.05, 0) is 35.8 Å². The highest BCUT2D eigenvalue weighted by molar-refractivity contribution is 6.68.